The van der Waals surface area contributed by atoms with Crippen molar-refractivity contribution in [3.8, 4) is 22.3 Å². The number of hydrogen-bond acceptors (Lipinski definition) is 12. The van der Waals surface area contributed by atoms with E-state index in [0.29, 0.717) is 30.5 Å². The van der Waals surface area contributed by atoms with Gasteiger partial charge in [-0.1, -0.05) is 54.6 Å². The van der Waals surface area contributed by atoms with E-state index in [1.165, 1.54) is 43.5 Å². The Hall–Kier alpha value is -6.82. The van der Waals surface area contributed by atoms with Gasteiger partial charge < -0.3 is 35.4 Å². The first-order chi connectivity index (χ1) is 30.3. The molecule has 4 aromatic rings. The lowest BCUT2D eigenvalue weighted by molar-refractivity contribution is -0.159. The van der Waals surface area contributed by atoms with Crippen molar-refractivity contribution in [3.63, 3.8) is 0 Å². The number of carbonyl (C=O) groups is 6. The zero-order chi connectivity index (χ0) is 47.3. The number of rotatable bonds is 18. The summed E-state index contributed by atoms with van der Waals surface area (Å²) in [4.78, 5) is 80.2. The van der Waals surface area contributed by atoms with E-state index in [1.54, 1.807) is 83.4 Å². The van der Waals surface area contributed by atoms with Gasteiger partial charge in [0.25, 0.3) is 17.7 Å². The molecule has 17 heteroatoms. The third-order valence-corrected chi connectivity index (χ3v) is 10.5. The molecule has 0 bridgehead atoms. The van der Waals surface area contributed by atoms with Crippen LogP contribution in [0.15, 0.2) is 91.0 Å². The number of hydroxylamine groups is 1. The van der Waals surface area contributed by atoms with E-state index in [1.807, 2.05) is 42.5 Å². The summed E-state index contributed by atoms with van der Waals surface area (Å²) in [6.07, 6.45) is -0.123. The Labute approximate surface area is 373 Å². The fourth-order valence-corrected chi connectivity index (χ4v) is 6.82. The first-order valence-corrected chi connectivity index (χ1v) is 20.6. The van der Waals surface area contributed by atoms with Crippen LogP contribution in [0.25, 0.3) is 22.3 Å². The van der Waals surface area contributed by atoms with Gasteiger partial charge in [0, 0.05) is 52.2 Å². The number of unbranched alkanes of at least 4 members (excludes halogenated alkanes) is 1. The number of benzene rings is 4. The minimum absolute atomic E-state index is 0.0219. The topological polar surface area (TPSA) is 219 Å². The maximum absolute atomic E-state index is 13.4. The average Bonchev–Trinajstić information content (AvgIpc) is 3.29. The third kappa shape index (κ3) is 12.6. The molecule has 0 radical (unpaired) electrons. The molecule has 0 aliphatic carbocycles. The van der Waals surface area contributed by atoms with Crippen LogP contribution in [0.4, 0.5) is 16.2 Å². The Morgan fingerprint density at radius 2 is 1.27 bits per heavy atom. The van der Waals surface area contributed by atoms with Crippen molar-refractivity contribution in [2.75, 3.05) is 59.1 Å². The second-order valence-corrected chi connectivity index (χ2v) is 16.0. The monoisotopic (exact) mass is 881 g/mol. The number of likely N-dealkylation sites (N-methyl/N-ethyl adjacent to an activating group) is 4. The molecule has 0 aromatic heterocycles. The van der Waals surface area contributed by atoms with Crippen molar-refractivity contribution < 1.29 is 48.6 Å². The van der Waals surface area contributed by atoms with Gasteiger partial charge in [-0.05, 0) is 117 Å². The summed E-state index contributed by atoms with van der Waals surface area (Å²) in [5, 5.41) is 28.4. The standard InChI is InChI=1S/C47H59N7O10/c1-47(2,3)64-46(61)52(7)36-24-21-30(22-25-36)29-13-17-32(18-14-29)44(59)54(9)39(41(56)50-6)45(60)63-27-11-10-12-34-28-35(48-4)23-26-37(34)31-15-19-33(20-16-31)43(58)53(8)38(40(55)49-5)42(57)51-62/h13-26,28,38-39,44,48,59,62H,10-12,27H2,1-9H3,(H,49,55)(H,50,56)(H,51,57). The number of amides is 5. The lowest BCUT2D eigenvalue weighted by Gasteiger charge is -2.29. The third-order valence-electron chi connectivity index (χ3n) is 10.5. The average molecular weight is 882 g/mol. The highest BCUT2D eigenvalue weighted by Crippen LogP contribution is 2.30. The Balaban J connectivity index is 1.37. The van der Waals surface area contributed by atoms with Gasteiger partial charge in [0.2, 0.25) is 5.91 Å². The molecule has 3 atom stereocenters. The summed E-state index contributed by atoms with van der Waals surface area (Å²) in [6.45, 7) is 5.43. The number of nitrogens with one attached hydrogen (secondary N) is 4. The maximum atomic E-state index is 13.4. The summed E-state index contributed by atoms with van der Waals surface area (Å²) in [7, 11) is 8.91. The fourth-order valence-electron chi connectivity index (χ4n) is 6.82. The highest BCUT2D eigenvalue weighted by Gasteiger charge is 2.36. The van der Waals surface area contributed by atoms with Crippen LogP contribution in [-0.4, -0.2) is 122 Å². The van der Waals surface area contributed by atoms with Crippen molar-refractivity contribution in [2.45, 2.75) is 63.9 Å². The molecular weight excluding hydrogens is 823 g/mol. The van der Waals surface area contributed by atoms with E-state index in [4.69, 9.17) is 14.7 Å². The Bertz CT molecular complexity index is 2250. The molecule has 4 aromatic carbocycles. The van der Waals surface area contributed by atoms with Gasteiger partial charge >= 0.3 is 12.1 Å². The molecule has 0 saturated heterocycles. The van der Waals surface area contributed by atoms with E-state index in [9.17, 15) is 33.9 Å². The maximum Gasteiger partial charge on any atom is 0.414 e. The molecule has 64 heavy (non-hydrogen) atoms. The summed E-state index contributed by atoms with van der Waals surface area (Å²) >= 11 is 0. The highest BCUT2D eigenvalue weighted by atomic mass is 16.6. The van der Waals surface area contributed by atoms with Crippen LogP contribution < -0.4 is 26.3 Å². The van der Waals surface area contributed by atoms with E-state index in [-0.39, 0.29) is 12.2 Å². The van der Waals surface area contributed by atoms with Crippen molar-refractivity contribution in [3.05, 3.63) is 108 Å². The summed E-state index contributed by atoms with van der Waals surface area (Å²) < 4.78 is 11.0. The van der Waals surface area contributed by atoms with E-state index >= 15 is 0 Å². The van der Waals surface area contributed by atoms with E-state index in [0.717, 1.165) is 38.4 Å². The molecule has 0 fully saturated rings. The lowest BCUT2D eigenvalue weighted by Crippen LogP contribution is -2.54. The second kappa shape index (κ2) is 22.5. The van der Waals surface area contributed by atoms with Crippen LogP contribution in [0, 0.1) is 0 Å². The summed E-state index contributed by atoms with van der Waals surface area (Å²) in [5.41, 5.74) is 7.40. The van der Waals surface area contributed by atoms with Gasteiger partial charge in [0.1, 0.15) is 11.8 Å². The number of aliphatic hydroxyl groups excluding tert-OH is 1. The fraction of sp³-hybridized carbons (Fsp3) is 0.362. The zero-order valence-electron chi connectivity index (χ0n) is 37.7. The van der Waals surface area contributed by atoms with Crippen LogP contribution in [0.3, 0.4) is 0 Å². The normalized spacial score (nSPS) is 12.6. The van der Waals surface area contributed by atoms with Crippen molar-refractivity contribution >= 4 is 47.1 Å². The number of hydrogen-bond donors (Lipinski definition) is 6. The van der Waals surface area contributed by atoms with Gasteiger partial charge in [0.05, 0.1) is 6.61 Å². The van der Waals surface area contributed by atoms with Gasteiger partial charge in [-0.3, -0.25) is 34.2 Å². The number of aliphatic hydroxyl groups is 1. The predicted molar refractivity (Wildman–Crippen MR) is 242 cm³/mol. The molecule has 6 N–H and O–H groups in total. The largest absolute Gasteiger partial charge is 0.464 e. The Kier molecular flexibility index (Phi) is 17.5. The quantitative estimate of drug-likeness (QED) is 0.0200. The number of anilines is 2. The molecule has 0 saturated carbocycles. The first kappa shape index (κ1) is 49.8. The van der Waals surface area contributed by atoms with Gasteiger partial charge in [-0.15, -0.1) is 0 Å². The van der Waals surface area contributed by atoms with Crippen LogP contribution in [-0.2, 0) is 35.1 Å². The summed E-state index contributed by atoms with van der Waals surface area (Å²) in [5.74, 6) is -3.89. The van der Waals surface area contributed by atoms with Crippen LogP contribution in [0.2, 0.25) is 0 Å². The molecule has 0 spiro atoms. The minimum Gasteiger partial charge on any atom is -0.464 e. The van der Waals surface area contributed by atoms with Crippen LogP contribution in [0.1, 0.15) is 61.3 Å². The number of carbonyl (C=O) groups excluding carboxylic acids is 6. The Morgan fingerprint density at radius 1 is 0.703 bits per heavy atom. The molecule has 5 amide bonds. The van der Waals surface area contributed by atoms with E-state index < -0.39 is 59.6 Å². The highest BCUT2D eigenvalue weighted by molar-refractivity contribution is 6.08. The SMILES string of the molecule is CNC(=O)C(C(=O)NO)N(C)C(=O)c1ccc(-c2ccc(NC)cc2CCCCOC(=O)C(C(=O)NC)N(C)C(O)c2ccc(-c3ccc(N(C)C(=O)OC(C)(C)C)cc3)cc2)cc1. The van der Waals surface area contributed by atoms with Gasteiger partial charge in [-0.25, -0.2) is 15.1 Å². The van der Waals surface area contributed by atoms with Crippen LogP contribution in [0.5, 0.6) is 0 Å². The summed E-state index contributed by atoms with van der Waals surface area (Å²) in [6, 6.07) is 23.9. The molecule has 0 aliphatic rings. The molecule has 3 unspecified atom stereocenters. The van der Waals surface area contributed by atoms with Crippen molar-refractivity contribution in [2.24, 2.45) is 0 Å². The Morgan fingerprint density at radius 3 is 1.81 bits per heavy atom. The molecular formula is C47H59N7O10. The molecule has 0 aliphatic heterocycles. The van der Waals surface area contributed by atoms with E-state index in [2.05, 4.69) is 16.0 Å². The number of aryl methyl sites for hydroxylation is 1. The van der Waals surface area contributed by atoms with Crippen molar-refractivity contribution in [1.29, 1.82) is 0 Å². The smallest absolute Gasteiger partial charge is 0.414 e. The number of esters is 1. The van der Waals surface area contributed by atoms with Crippen LogP contribution >= 0.6 is 0 Å². The first-order valence-electron chi connectivity index (χ1n) is 20.6. The minimum atomic E-state index is -1.59. The molecule has 342 valence electrons. The number of nitrogens with zero attached hydrogens (tertiary/aromatic N) is 3. The predicted octanol–water partition coefficient (Wildman–Crippen LogP) is 4.73. The molecule has 4 rings (SSSR count). The number of ether oxygens (including phenoxy) is 2. The van der Waals surface area contributed by atoms with Gasteiger partial charge in [-0.2, -0.15) is 0 Å². The lowest BCUT2D eigenvalue weighted by atomic mass is 9.94. The molecule has 0 heterocycles. The molecule has 17 nitrogen and oxygen atoms in total. The van der Waals surface area contributed by atoms with Gasteiger partial charge in [0.15, 0.2) is 12.1 Å². The van der Waals surface area contributed by atoms with Crippen molar-refractivity contribution in [1.82, 2.24) is 25.9 Å². The second-order valence-electron chi connectivity index (χ2n) is 16.0. The zero-order valence-corrected chi connectivity index (χ0v) is 37.7.